The number of hydrogen-bond donors (Lipinski definition) is 1. The van der Waals surface area contributed by atoms with Crippen LogP contribution in [-0.4, -0.2) is 53.9 Å². The molecule has 2 aliphatic rings. The molecule has 8 heteroatoms. The van der Waals surface area contributed by atoms with Crippen molar-refractivity contribution in [3.8, 4) is 11.5 Å². The highest BCUT2D eigenvalue weighted by atomic mass is 16.7. The summed E-state index contributed by atoms with van der Waals surface area (Å²) >= 11 is 0. The fraction of sp³-hybridized carbons (Fsp3) is 0.304. The van der Waals surface area contributed by atoms with Gasteiger partial charge >= 0.3 is 0 Å². The van der Waals surface area contributed by atoms with Crippen LogP contribution in [-0.2, 0) is 20.9 Å². The van der Waals surface area contributed by atoms with E-state index in [0.717, 1.165) is 62.5 Å². The third-order valence-corrected chi connectivity index (χ3v) is 9.09. The molecule has 5 rings (SSSR count). The molecule has 0 amide bonds. The van der Waals surface area contributed by atoms with Gasteiger partial charge in [0, 0.05) is 37.7 Å². The molecule has 0 spiro atoms. The summed E-state index contributed by atoms with van der Waals surface area (Å²) in [7, 11) is 1.65. The van der Waals surface area contributed by atoms with Gasteiger partial charge in [0.05, 0.1) is 7.11 Å². The standard InChI is InChI=1S/C44H52N2O3.CH2O2.CH2O/c1-4-41(48-42-21-10-6-11-22-42)25-15-31-45(34-37-17-8-5-9-18-37)39-19-14-20-40(33-39)46(35-38-29-27-36(2)28-30-38)32-16-26-44(47-3)49-43-23-12-7-13-24-43;2-1-3;1-2/h5-13,15-18,21-27,29-32,36,39-40H,4,14,19-20,28,33-35H2,1-3H3;1H,(H,2,3);1H2/b31-15+,32-16+,41-25-,44-26-;;. The van der Waals surface area contributed by atoms with Crippen LogP contribution >= 0.6 is 0 Å². The molecule has 1 fully saturated rings. The Kier molecular flexibility index (Phi) is 19.9. The summed E-state index contributed by atoms with van der Waals surface area (Å²) in [5.74, 6) is 3.62. The van der Waals surface area contributed by atoms with E-state index >= 15 is 0 Å². The van der Waals surface area contributed by atoms with Crippen LogP contribution in [0.1, 0.15) is 57.9 Å². The topological polar surface area (TPSA) is 88.5 Å². The monoisotopic (exact) mass is 732 g/mol. The van der Waals surface area contributed by atoms with Crippen molar-refractivity contribution in [2.75, 3.05) is 13.7 Å². The van der Waals surface area contributed by atoms with Crippen molar-refractivity contribution in [3.63, 3.8) is 0 Å². The molecule has 3 aromatic carbocycles. The molecule has 1 saturated carbocycles. The van der Waals surface area contributed by atoms with E-state index in [1.54, 1.807) is 7.11 Å². The maximum Gasteiger partial charge on any atom is 0.290 e. The predicted octanol–water partition coefficient (Wildman–Crippen LogP) is 10.1. The van der Waals surface area contributed by atoms with Gasteiger partial charge < -0.3 is 33.9 Å². The van der Waals surface area contributed by atoms with Gasteiger partial charge in [0.2, 0.25) is 0 Å². The fourth-order valence-electron chi connectivity index (χ4n) is 6.35. The molecule has 8 nitrogen and oxygen atoms in total. The Morgan fingerprint density at radius 2 is 1.35 bits per heavy atom. The van der Waals surface area contributed by atoms with Crippen molar-refractivity contribution in [3.05, 3.63) is 169 Å². The van der Waals surface area contributed by atoms with Crippen molar-refractivity contribution in [1.29, 1.82) is 0 Å². The number of carbonyl (C=O) groups excluding carboxylic acids is 1. The minimum atomic E-state index is -0.250. The van der Waals surface area contributed by atoms with Gasteiger partial charge in [-0.25, -0.2) is 0 Å². The van der Waals surface area contributed by atoms with E-state index in [2.05, 4.69) is 103 Å². The SMILES string of the molecule is C=O.CC/C(=C/C=C/N(Cc1ccccc1)C1CCCC(N(/C=C/C=C(/OC)Oc2ccccc2)CC2=CCC(C)C=C2)C1)Oc1ccccc1.O=CO. The summed E-state index contributed by atoms with van der Waals surface area (Å²) in [5, 5.41) is 6.89. The van der Waals surface area contributed by atoms with Crippen LogP contribution in [0.25, 0.3) is 0 Å². The maximum absolute atomic E-state index is 8.36. The second-order valence-electron chi connectivity index (χ2n) is 13.0. The summed E-state index contributed by atoms with van der Waals surface area (Å²) in [6.07, 6.45) is 26.3. The Morgan fingerprint density at radius 1 is 0.815 bits per heavy atom. The highest BCUT2D eigenvalue weighted by Gasteiger charge is 2.28. The first-order valence-electron chi connectivity index (χ1n) is 18.6. The molecule has 3 unspecified atom stereocenters. The number of rotatable bonds is 16. The van der Waals surface area contributed by atoms with Crippen LogP contribution in [0.15, 0.2) is 163 Å². The van der Waals surface area contributed by atoms with E-state index in [4.69, 9.17) is 28.9 Å². The van der Waals surface area contributed by atoms with Crippen molar-refractivity contribution >= 4 is 13.3 Å². The van der Waals surface area contributed by atoms with Crippen LogP contribution in [0.2, 0.25) is 0 Å². The summed E-state index contributed by atoms with van der Waals surface area (Å²) in [6, 6.07) is 31.4. The summed E-state index contributed by atoms with van der Waals surface area (Å²) < 4.78 is 17.7. The third-order valence-electron chi connectivity index (χ3n) is 9.09. The average molecular weight is 733 g/mol. The Labute approximate surface area is 322 Å². The Bertz CT molecular complexity index is 1670. The molecule has 3 atom stereocenters. The lowest BCUT2D eigenvalue weighted by molar-refractivity contribution is -0.122. The van der Waals surface area contributed by atoms with Crippen molar-refractivity contribution in [1.82, 2.24) is 9.80 Å². The number of carboxylic acid groups (broad SMARTS) is 1. The first-order chi connectivity index (χ1) is 26.5. The van der Waals surface area contributed by atoms with Gasteiger partial charge in [-0.2, -0.15) is 0 Å². The van der Waals surface area contributed by atoms with Gasteiger partial charge in [-0.05, 0) is 104 Å². The van der Waals surface area contributed by atoms with Crippen LogP contribution in [0.4, 0.5) is 0 Å². The lowest BCUT2D eigenvalue weighted by Gasteiger charge is -2.41. The number of allylic oxidation sites excluding steroid dienone is 7. The lowest BCUT2D eigenvalue weighted by Crippen LogP contribution is -2.43. The van der Waals surface area contributed by atoms with Crippen molar-refractivity contribution in [2.45, 2.75) is 71.0 Å². The van der Waals surface area contributed by atoms with Gasteiger partial charge in [-0.1, -0.05) is 98.8 Å². The number of ether oxygens (including phenoxy) is 3. The van der Waals surface area contributed by atoms with E-state index in [-0.39, 0.29) is 6.47 Å². The quantitative estimate of drug-likeness (QED) is 0.0885. The molecule has 0 bridgehead atoms. The van der Waals surface area contributed by atoms with Gasteiger partial charge in [-0.3, -0.25) is 4.79 Å². The summed E-state index contributed by atoms with van der Waals surface area (Å²) in [6.45, 7) is 7.90. The van der Waals surface area contributed by atoms with E-state index in [0.29, 0.717) is 23.9 Å². The largest absolute Gasteiger partial charge is 0.483 e. The second kappa shape index (κ2) is 25.3. The zero-order valence-electron chi connectivity index (χ0n) is 31.9. The molecular weight excluding hydrogens is 677 g/mol. The highest BCUT2D eigenvalue weighted by molar-refractivity contribution is 5.32. The van der Waals surface area contributed by atoms with E-state index in [9.17, 15) is 0 Å². The molecule has 2 aliphatic carbocycles. The van der Waals surface area contributed by atoms with Crippen LogP contribution in [0, 0.1) is 5.92 Å². The van der Waals surface area contributed by atoms with E-state index in [1.165, 1.54) is 17.6 Å². The predicted molar refractivity (Wildman–Crippen MR) is 217 cm³/mol. The maximum atomic E-state index is 8.36. The van der Waals surface area contributed by atoms with Gasteiger partial charge in [-0.15, -0.1) is 0 Å². The smallest absolute Gasteiger partial charge is 0.290 e. The molecule has 0 saturated heterocycles. The van der Waals surface area contributed by atoms with E-state index < -0.39 is 0 Å². The molecule has 0 aromatic heterocycles. The number of nitrogens with zero attached hydrogens (tertiary/aromatic N) is 2. The van der Waals surface area contributed by atoms with Crippen LogP contribution in [0.5, 0.6) is 11.5 Å². The fourth-order valence-corrected chi connectivity index (χ4v) is 6.35. The number of hydrogen-bond acceptors (Lipinski definition) is 7. The molecule has 0 heterocycles. The van der Waals surface area contributed by atoms with Gasteiger partial charge in [0.1, 0.15) is 24.0 Å². The lowest BCUT2D eigenvalue weighted by atomic mass is 9.88. The minimum Gasteiger partial charge on any atom is -0.483 e. The van der Waals surface area contributed by atoms with Crippen LogP contribution < -0.4 is 9.47 Å². The van der Waals surface area contributed by atoms with Crippen molar-refractivity contribution in [2.24, 2.45) is 5.92 Å². The Hall–Kier alpha value is -5.76. The number of carbonyl (C=O) groups is 2. The Morgan fingerprint density at radius 3 is 1.89 bits per heavy atom. The third kappa shape index (κ3) is 15.5. The molecule has 54 heavy (non-hydrogen) atoms. The molecule has 0 radical (unpaired) electrons. The first kappa shape index (κ1) is 42.7. The summed E-state index contributed by atoms with van der Waals surface area (Å²) in [5.41, 5.74) is 2.69. The minimum absolute atomic E-state index is 0.250. The second-order valence-corrected chi connectivity index (χ2v) is 13.0. The van der Waals surface area contributed by atoms with Gasteiger partial charge in [0.15, 0.2) is 0 Å². The first-order valence-corrected chi connectivity index (χ1v) is 18.6. The molecule has 286 valence electrons. The molecule has 1 N–H and O–H groups in total. The zero-order chi connectivity index (χ0) is 38.8. The number of benzene rings is 3. The number of para-hydroxylation sites is 2. The van der Waals surface area contributed by atoms with Crippen LogP contribution in [0.3, 0.4) is 0 Å². The van der Waals surface area contributed by atoms with Gasteiger partial charge in [0.25, 0.3) is 12.4 Å². The normalized spacial score (nSPS) is 18.4. The highest BCUT2D eigenvalue weighted by Crippen LogP contribution is 2.30. The molecule has 0 aliphatic heterocycles. The average Bonchev–Trinajstić information content (AvgIpc) is 3.22. The zero-order valence-corrected chi connectivity index (χ0v) is 31.9. The number of methoxy groups -OCH3 is 1. The van der Waals surface area contributed by atoms with Crippen molar-refractivity contribution < 1.29 is 28.9 Å². The summed E-state index contributed by atoms with van der Waals surface area (Å²) in [4.78, 5) is 21.4. The Balaban J connectivity index is 0.00000149. The van der Waals surface area contributed by atoms with E-state index in [1.807, 2.05) is 73.5 Å². The molecule has 3 aromatic rings. The molecular formula is C46H56N2O6.